The molecular formula is C25H32F3N7O3. The Balaban J connectivity index is 1.28. The van der Waals surface area contributed by atoms with Crippen LogP contribution in [0.15, 0.2) is 24.7 Å². The first-order chi connectivity index (χ1) is 18.0. The number of halogens is 3. The second-order valence-electron chi connectivity index (χ2n) is 10.9. The Morgan fingerprint density at radius 2 is 1.84 bits per heavy atom. The summed E-state index contributed by atoms with van der Waals surface area (Å²) in [5.41, 5.74) is 0.723. The average Bonchev–Trinajstić information content (AvgIpc) is 3.73. The molecule has 3 fully saturated rings. The predicted molar refractivity (Wildman–Crippen MR) is 130 cm³/mol. The molecule has 2 aromatic rings. The largest absolute Gasteiger partial charge is 0.408 e. The van der Waals surface area contributed by atoms with E-state index in [1.165, 1.54) is 17.1 Å². The van der Waals surface area contributed by atoms with E-state index < -0.39 is 30.1 Å². The molecule has 3 atom stereocenters. The number of nitrogens with zero attached hydrogens (tertiary/aromatic N) is 4. The number of hydrogen-bond donors (Lipinski definition) is 3. The summed E-state index contributed by atoms with van der Waals surface area (Å²) in [4.78, 5) is 38.8. The monoisotopic (exact) mass is 535 g/mol. The van der Waals surface area contributed by atoms with Gasteiger partial charge in [-0.3, -0.25) is 23.7 Å². The Morgan fingerprint density at radius 3 is 2.42 bits per heavy atom. The fraction of sp³-hybridized carbons (Fsp3) is 0.640. The number of aromatic nitrogens is 4. The standard InChI is InChI=1S/C25H32F3N7O3/c1-13(2)35-18(7-8-29-35)23(37)33-21(20(14-3-4-14)15-5-6-15)24(38)31-17-10-30-34(12-17)11-16-9-19(25(26,27)28)32-22(16)36/h7-8,10,12-16,19-21H,3-6,9,11H2,1-2H3,(H,31,38)(H,32,36)(H,33,37)/t16-,19-,21+/m1/s1. The Morgan fingerprint density at radius 1 is 1.16 bits per heavy atom. The molecule has 3 amide bonds. The number of carbonyl (C=O) groups excluding carboxylic acids is 3. The molecule has 3 heterocycles. The molecule has 10 nitrogen and oxygen atoms in total. The fourth-order valence-corrected chi connectivity index (χ4v) is 5.44. The molecule has 0 radical (unpaired) electrons. The van der Waals surface area contributed by atoms with Crippen LogP contribution in [0.4, 0.5) is 18.9 Å². The van der Waals surface area contributed by atoms with E-state index in [2.05, 4.69) is 20.8 Å². The van der Waals surface area contributed by atoms with Crippen LogP contribution in [0.3, 0.4) is 0 Å². The Labute approximate surface area is 217 Å². The van der Waals surface area contributed by atoms with Crippen molar-refractivity contribution in [3.63, 3.8) is 0 Å². The molecular weight excluding hydrogens is 503 g/mol. The molecule has 2 saturated carbocycles. The van der Waals surface area contributed by atoms with E-state index in [1.807, 2.05) is 19.2 Å². The second-order valence-corrected chi connectivity index (χ2v) is 10.9. The first kappa shape index (κ1) is 26.2. The molecule has 3 N–H and O–H groups in total. The van der Waals surface area contributed by atoms with Gasteiger partial charge in [0.1, 0.15) is 17.8 Å². The van der Waals surface area contributed by atoms with Gasteiger partial charge in [0.2, 0.25) is 11.8 Å². The molecule has 0 aromatic carbocycles. The van der Waals surface area contributed by atoms with Gasteiger partial charge in [0.25, 0.3) is 5.91 Å². The lowest BCUT2D eigenvalue weighted by Crippen LogP contribution is -2.50. The summed E-state index contributed by atoms with van der Waals surface area (Å²) < 4.78 is 41.9. The number of carbonyl (C=O) groups is 3. The zero-order valence-electron chi connectivity index (χ0n) is 21.2. The molecule has 2 aromatic heterocycles. The van der Waals surface area contributed by atoms with Gasteiger partial charge in [0.15, 0.2) is 0 Å². The lowest BCUT2D eigenvalue weighted by molar-refractivity contribution is -0.155. The van der Waals surface area contributed by atoms with Gasteiger partial charge >= 0.3 is 6.18 Å². The van der Waals surface area contributed by atoms with E-state index in [9.17, 15) is 27.6 Å². The van der Waals surface area contributed by atoms with Crippen LogP contribution in [-0.4, -0.2) is 55.5 Å². The summed E-state index contributed by atoms with van der Waals surface area (Å²) in [6.45, 7) is 3.79. The summed E-state index contributed by atoms with van der Waals surface area (Å²) in [7, 11) is 0. The van der Waals surface area contributed by atoms with Crippen LogP contribution in [0.25, 0.3) is 0 Å². The van der Waals surface area contributed by atoms with Gasteiger partial charge in [0, 0.05) is 18.4 Å². The molecule has 0 spiro atoms. The highest BCUT2D eigenvalue weighted by molar-refractivity contribution is 6.00. The molecule has 13 heteroatoms. The lowest BCUT2D eigenvalue weighted by atomic mass is 9.88. The maximum atomic E-state index is 13.5. The third-order valence-corrected chi connectivity index (χ3v) is 7.59. The van der Waals surface area contributed by atoms with Gasteiger partial charge in [-0.15, -0.1) is 0 Å². The smallest absolute Gasteiger partial charge is 0.344 e. The highest BCUT2D eigenvalue weighted by atomic mass is 19.4. The van der Waals surface area contributed by atoms with Gasteiger partial charge in [-0.2, -0.15) is 23.4 Å². The van der Waals surface area contributed by atoms with Gasteiger partial charge in [-0.25, -0.2) is 0 Å². The number of amides is 3. The topological polar surface area (TPSA) is 123 Å². The van der Waals surface area contributed by atoms with Crippen molar-refractivity contribution in [2.45, 2.75) is 76.8 Å². The summed E-state index contributed by atoms with van der Waals surface area (Å²) in [5, 5.41) is 16.1. The first-order valence-electron chi connectivity index (χ1n) is 13.1. The van der Waals surface area contributed by atoms with Crippen molar-refractivity contribution in [2.24, 2.45) is 23.7 Å². The van der Waals surface area contributed by atoms with Crippen molar-refractivity contribution in [3.05, 3.63) is 30.4 Å². The molecule has 0 bridgehead atoms. The normalized spacial score (nSPS) is 22.6. The number of hydrogen-bond acceptors (Lipinski definition) is 5. The van der Waals surface area contributed by atoms with E-state index in [0.29, 0.717) is 23.2 Å². The van der Waals surface area contributed by atoms with Crippen LogP contribution >= 0.6 is 0 Å². The van der Waals surface area contributed by atoms with Crippen LogP contribution in [0.5, 0.6) is 0 Å². The number of alkyl halides is 3. The summed E-state index contributed by atoms with van der Waals surface area (Å²) in [5.74, 6) is -1.52. The zero-order valence-corrected chi connectivity index (χ0v) is 21.2. The van der Waals surface area contributed by atoms with Crippen LogP contribution in [0.2, 0.25) is 0 Å². The van der Waals surface area contributed by atoms with Gasteiger partial charge in [-0.05, 0) is 69.8 Å². The SMILES string of the molecule is CC(C)n1nccc1C(=O)N[C@H](C(=O)Nc1cnn(C[C@H]2C[C@H](C(F)(F)F)NC2=O)c1)C(C1CC1)C1CC1. The minimum absolute atomic E-state index is 0.0194. The van der Waals surface area contributed by atoms with Gasteiger partial charge in [-0.1, -0.05) is 0 Å². The summed E-state index contributed by atoms with van der Waals surface area (Å²) in [6.07, 6.45) is 3.64. The van der Waals surface area contributed by atoms with Gasteiger partial charge in [0.05, 0.1) is 24.3 Å². The Kier molecular flexibility index (Phi) is 6.95. The maximum absolute atomic E-state index is 13.5. The maximum Gasteiger partial charge on any atom is 0.408 e. The van der Waals surface area contributed by atoms with E-state index in [4.69, 9.17) is 0 Å². The lowest BCUT2D eigenvalue weighted by Gasteiger charge is -2.27. The zero-order chi connectivity index (χ0) is 27.2. The Hall–Kier alpha value is -3.38. The summed E-state index contributed by atoms with van der Waals surface area (Å²) in [6, 6.07) is -1.03. The number of anilines is 1. The van der Waals surface area contributed by atoms with Crippen molar-refractivity contribution < 1.29 is 27.6 Å². The van der Waals surface area contributed by atoms with E-state index in [-0.39, 0.29) is 36.7 Å². The molecule has 1 aliphatic heterocycles. The highest BCUT2D eigenvalue weighted by Crippen LogP contribution is 2.51. The minimum Gasteiger partial charge on any atom is -0.344 e. The van der Waals surface area contributed by atoms with E-state index >= 15 is 0 Å². The Bertz CT molecular complexity index is 1190. The van der Waals surface area contributed by atoms with Gasteiger partial charge < -0.3 is 16.0 Å². The van der Waals surface area contributed by atoms with Crippen molar-refractivity contribution in [1.29, 1.82) is 0 Å². The molecule has 1 saturated heterocycles. The van der Waals surface area contributed by atoms with Crippen LogP contribution in [0, 0.1) is 23.7 Å². The minimum atomic E-state index is -4.50. The molecule has 3 aliphatic rings. The molecule has 0 unspecified atom stereocenters. The highest BCUT2D eigenvalue weighted by Gasteiger charge is 2.49. The van der Waals surface area contributed by atoms with E-state index in [0.717, 1.165) is 25.7 Å². The third-order valence-electron chi connectivity index (χ3n) is 7.59. The van der Waals surface area contributed by atoms with Crippen LogP contribution in [0.1, 0.15) is 62.5 Å². The van der Waals surface area contributed by atoms with E-state index in [1.54, 1.807) is 16.9 Å². The molecule has 38 heavy (non-hydrogen) atoms. The van der Waals surface area contributed by atoms with Crippen molar-refractivity contribution in [3.8, 4) is 0 Å². The summed E-state index contributed by atoms with van der Waals surface area (Å²) >= 11 is 0. The first-order valence-corrected chi connectivity index (χ1v) is 13.1. The van der Waals surface area contributed by atoms with Crippen molar-refractivity contribution in [1.82, 2.24) is 30.2 Å². The molecule has 5 rings (SSSR count). The quantitative estimate of drug-likeness (QED) is 0.432. The second kappa shape index (κ2) is 10.1. The third kappa shape index (κ3) is 5.70. The van der Waals surface area contributed by atoms with Crippen molar-refractivity contribution >= 4 is 23.4 Å². The van der Waals surface area contributed by atoms with Crippen LogP contribution in [-0.2, 0) is 16.1 Å². The number of nitrogens with one attached hydrogen (secondary N) is 3. The van der Waals surface area contributed by atoms with Crippen molar-refractivity contribution in [2.75, 3.05) is 5.32 Å². The predicted octanol–water partition coefficient (Wildman–Crippen LogP) is 2.90. The fourth-order valence-electron chi connectivity index (χ4n) is 5.44. The average molecular weight is 536 g/mol. The molecule has 206 valence electrons. The van der Waals surface area contributed by atoms with Crippen LogP contribution < -0.4 is 16.0 Å². The number of rotatable bonds is 10. The molecule has 2 aliphatic carbocycles.